The van der Waals surface area contributed by atoms with E-state index in [1.165, 1.54) is 0 Å². The molecule has 0 radical (unpaired) electrons. The summed E-state index contributed by atoms with van der Waals surface area (Å²) in [7, 11) is 0. The molecule has 23 heavy (non-hydrogen) atoms. The third-order valence-corrected chi connectivity index (χ3v) is 4.79. The first-order chi connectivity index (χ1) is 11.0. The zero-order chi connectivity index (χ0) is 17.0. The van der Waals surface area contributed by atoms with Gasteiger partial charge in [0.15, 0.2) is 0 Å². The van der Waals surface area contributed by atoms with E-state index in [1.807, 2.05) is 13.8 Å². The minimum absolute atomic E-state index is 0.190. The lowest BCUT2D eigenvalue weighted by Gasteiger charge is -2.37. The molecule has 0 fully saturated rings. The number of ether oxygens (including phenoxy) is 1. The van der Waals surface area contributed by atoms with Crippen molar-refractivity contribution in [2.45, 2.75) is 58.9 Å². The topological polar surface area (TPSA) is 58.6 Å². The number of allylic oxidation sites excluding steroid dienone is 2. The van der Waals surface area contributed by atoms with Crippen LogP contribution < -0.4 is 5.32 Å². The molecule has 128 valence electrons. The Hall–Kier alpha value is -1.49. The van der Waals surface area contributed by atoms with Gasteiger partial charge in [0.1, 0.15) is 0 Å². The quantitative estimate of drug-likeness (QED) is 0.776. The predicted octanol–water partition coefficient (Wildman–Crippen LogP) is 3.69. The van der Waals surface area contributed by atoms with Gasteiger partial charge in [0.2, 0.25) is 0 Å². The molecule has 2 aliphatic rings. The van der Waals surface area contributed by atoms with Crippen molar-refractivity contribution in [3.05, 3.63) is 21.9 Å². The SMILES string of the molecule is CCCOC(=O)C1=C(C)N(CC)C(=O)NC1C1=C(Cl)CCCC1. The fourth-order valence-corrected chi connectivity index (χ4v) is 3.49. The summed E-state index contributed by atoms with van der Waals surface area (Å²) in [6, 6.07) is -0.660. The van der Waals surface area contributed by atoms with E-state index in [2.05, 4.69) is 5.32 Å². The first-order valence-electron chi connectivity index (χ1n) is 8.34. The summed E-state index contributed by atoms with van der Waals surface area (Å²) in [6.45, 7) is 6.50. The molecule has 1 aliphatic heterocycles. The van der Waals surface area contributed by atoms with Gasteiger partial charge in [-0.05, 0) is 51.5 Å². The van der Waals surface area contributed by atoms with Gasteiger partial charge in [-0.15, -0.1) is 0 Å². The predicted molar refractivity (Wildman–Crippen MR) is 90.0 cm³/mol. The number of halogens is 1. The number of carbonyl (C=O) groups is 2. The molecule has 0 aromatic heterocycles. The summed E-state index contributed by atoms with van der Waals surface area (Å²) in [6.07, 6.45) is 4.43. The van der Waals surface area contributed by atoms with E-state index < -0.39 is 6.04 Å². The number of nitrogens with zero attached hydrogens (tertiary/aromatic N) is 1. The molecule has 5 nitrogen and oxygen atoms in total. The molecule has 0 saturated heterocycles. The zero-order valence-corrected chi connectivity index (χ0v) is 14.8. The minimum atomic E-state index is -0.470. The van der Waals surface area contributed by atoms with Crippen LogP contribution in [0.3, 0.4) is 0 Å². The number of hydrogen-bond acceptors (Lipinski definition) is 3. The van der Waals surface area contributed by atoms with Crippen molar-refractivity contribution in [1.29, 1.82) is 0 Å². The fraction of sp³-hybridized carbons (Fsp3) is 0.647. The average Bonchev–Trinajstić information content (AvgIpc) is 2.53. The summed E-state index contributed by atoms with van der Waals surface area (Å²) in [5.41, 5.74) is 2.12. The van der Waals surface area contributed by atoms with Gasteiger partial charge >= 0.3 is 12.0 Å². The molecule has 2 rings (SSSR count). The molecule has 1 atom stereocenters. The second-order valence-corrected chi connectivity index (χ2v) is 6.36. The standard InChI is InChI=1S/C17H25ClN2O3/c1-4-10-23-16(21)14-11(3)20(5-2)17(22)19-15(14)12-8-6-7-9-13(12)18/h15H,4-10H2,1-3H3,(H,19,22). The van der Waals surface area contributed by atoms with Crippen molar-refractivity contribution in [3.63, 3.8) is 0 Å². The van der Waals surface area contributed by atoms with Gasteiger partial charge in [0.25, 0.3) is 0 Å². The Labute approximate surface area is 142 Å². The summed E-state index contributed by atoms with van der Waals surface area (Å²) < 4.78 is 5.35. The lowest BCUT2D eigenvalue weighted by molar-refractivity contribution is -0.139. The molecule has 1 N–H and O–H groups in total. The molecule has 1 heterocycles. The van der Waals surface area contributed by atoms with Crippen LogP contribution in [0.4, 0.5) is 4.79 Å². The van der Waals surface area contributed by atoms with Crippen LogP contribution in [0.15, 0.2) is 21.9 Å². The fourth-order valence-electron chi connectivity index (χ4n) is 3.15. The summed E-state index contributed by atoms with van der Waals surface area (Å²) in [5.74, 6) is -0.365. The Kier molecular flexibility index (Phi) is 6.10. The molecule has 0 bridgehead atoms. The van der Waals surface area contributed by atoms with Crippen LogP contribution in [0.5, 0.6) is 0 Å². The van der Waals surface area contributed by atoms with Crippen LogP contribution in [-0.2, 0) is 9.53 Å². The maximum atomic E-state index is 12.6. The molecule has 0 aromatic rings. The van der Waals surface area contributed by atoms with E-state index in [0.29, 0.717) is 24.4 Å². The van der Waals surface area contributed by atoms with Crippen molar-refractivity contribution < 1.29 is 14.3 Å². The number of nitrogens with one attached hydrogen (secondary N) is 1. The molecular formula is C17H25ClN2O3. The number of rotatable bonds is 5. The monoisotopic (exact) mass is 340 g/mol. The van der Waals surface area contributed by atoms with E-state index in [4.69, 9.17) is 16.3 Å². The Morgan fingerprint density at radius 2 is 2.04 bits per heavy atom. The summed E-state index contributed by atoms with van der Waals surface area (Å²) in [4.78, 5) is 26.5. The van der Waals surface area contributed by atoms with Crippen LogP contribution in [0.1, 0.15) is 52.9 Å². The first-order valence-corrected chi connectivity index (χ1v) is 8.72. The van der Waals surface area contributed by atoms with Crippen molar-refractivity contribution >= 4 is 23.6 Å². The molecule has 0 spiro atoms. The number of urea groups is 1. The maximum Gasteiger partial charge on any atom is 0.338 e. The number of esters is 1. The highest BCUT2D eigenvalue weighted by Crippen LogP contribution is 2.35. The number of amides is 2. The third-order valence-electron chi connectivity index (χ3n) is 4.36. The van der Waals surface area contributed by atoms with Gasteiger partial charge in [-0.25, -0.2) is 9.59 Å². The Balaban J connectivity index is 2.44. The average molecular weight is 341 g/mol. The molecule has 1 unspecified atom stereocenters. The van der Waals surface area contributed by atoms with Gasteiger partial charge in [-0.2, -0.15) is 0 Å². The number of carbonyl (C=O) groups excluding carboxylic acids is 2. The molecule has 6 heteroatoms. The number of hydrogen-bond donors (Lipinski definition) is 1. The normalized spacial score (nSPS) is 22.3. The molecule has 2 amide bonds. The van der Waals surface area contributed by atoms with Crippen molar-refractivity contribution in [2.75, 3.05) is 13.2 Å². The van der Waals surface area contributed by atoms with Crippen LogP contribution in [0.25, 0.3) is 0 Å². The Morgan fingerprint density at radius 3 is 2.65 bits per heavy atom. The molecule has 1 aliphatic carbocycles. The van der Waals surface area contributed by atoms with E-state index in [9.17, 15) is 9.59 Å². The van der Waals surface area contributed by atoms with Gasteiger partial charge in [-0.1, -0.05) is 18.5 Å². The van der Waals surface area contributed by atoms with Crippen LogP contribution >= 0.6 is 11.6 Å². The van der Waals surface area contributed by atoms with Gasteiger partial charge in [0.05, 0.1) is 18.2 Å². The van der Waals surface area contributed by atoms with Crippen molar-refractivity contribution in [3.8, 4) is 0 Å². The second-order valence-electron chi connectivity index (χ2n) is 5.90. The molecule has 0 saturated carbocycles. The van der Waals surface area contributed by atoms with Crippen LogP contribution in [0, 0.1) is 0 Å². The highest BCUT2D eigenvalue weighted by Gasteiger charge is 2.38. The summed E-state index contributed by atoms with van der Waals surface area (Å²) in [5, 5.41) is 3.71. The lowest BCUT2D eigenvalue weighted by atomic mass is 9.87. The van der Waals surface area contributed by atoms with E-state index >= 15 is 0 Å². The Morgan fingerprint density at radius 1 is 1.35 bits per heavy atom. The highest BCUT2D eigenvalue weighted by molar-refractivity contribution is 6.30. The first kappa shape index (κ1) is 17.9. The van der Waals surface area contributed by atoms with Crippen molar-refractivity contribution in [1.82, 2.24) is 10.2 Å². The van der Waals surface area contributed by atoms with Gasteiger partial charge in [-0.3, -0.25) is 4.90 Å². The van der Waals surface area contributed by atoms with Crippen molar-refractivity contribution in [2.24, 2.45) is 0 Å². The van der Waals surface area contributed by atoms with Gasteiger partial charge in [0, 0.05) is 17.3 Å². The van der Waals surface area contributed by atoms with Crippen LogP contribution in [-0.4, -0.2) is 36.1 Å². The maximum absolute atomic E-state index is 12.6. The largest absolute Gasteiger partial charge is 0.462 e. The highest BCUT2D eigenvalue weighted by atomic mass is 35.5. The smallest absolute Gasteiger partial charge is 0.338 e. The lowest BCUT2D eigenvalue weighted by Crippen LogP contribution is -2.52. The third kappa shape index (κ3) is 3.71. The second kappa shape index (κ2) is 7.86. The molecular weight excluding hydrogens is 316 g/mol. The van der Waals surface area contributed by atoms with E-state index in [1.54, 1.807) is 11.8 Å². The minimum Gasteiger partial charge on any atom is -0.462 e. The van der Waals surface area contributed by atoms with Gasteiger partial charge < -0.3 is 10.1 Å². The van der Waals surface area contributed by atoms with Crippen LogP contribution in [0.2, 0.25) is 0 Å². The van der Waals surface area contributed by atoms with E-state index in [-0.39, 0.29) is 12.0 Å². The summed E-state index contributed by atoms with van der Waals surface area (Å²) >= 11 is 6.40. The van der Waals surface area contributed by atoms with E-state index in [0.717, 1.165) is 42.7 Å². The zero-order valence-electron chi connectivity index (χ0n) is 14.1. The molecule has 0 aromatic carbocycles. The Bertz CT molecular complexity index is 554.